The minimum absolute atomic E-state index is 0.146. The molecule has 6 nitrogen and oxygen atoms in total. The molecule has 0 unspecified atom stereocenters. The molecule has 39 heavy (non-hydrogen) atoms. The fraction of sp³-hybridized carbons (Fsp3) is 0.515. The molecule has 0 atom stereocenters. The Kier molecular flexibility index (Phi) is 12.1. The zero-order valence-corrected chi connectivity index (χ0v) is 25.0. The predicted molar refractivity (Wildman–Crippen MR) is 157 cm³/mol. The molecule has 0 aliphatic carbocycles. The fourth-order valence-electron chi connectivity index (χ4n) is 3.59. The van der Waals surface area contributed by atoms with E-state index in [1.165, 1.54) is 0 Å². The number of carbonyl (C=O) groups is 2. The molecule has 6 heteroatoms. The molecule has 0 aliphatic heterocycles. The second kappa shape index (κ2) is 14.8. The summed E-state index contributed by atoms with van der Waals surface area (Å²) in [5, 5.41) is 0. The van der Waals surface area contributed by atoms with Gasteiger partial charge in [0.05, 0.1) is 24.2 Å². The summed E-state index contributed by atoms with van der Waals surface area (Å²) in [7, 11) is 0. The topological polar surface area (TPSA) is 71.1 Å². The molecule has 0 fully saturated rings. The van der Waals surface area contributed by atoms with Crippen LogP contribution in [-0.4, -0.2) is 31.8 Å². The molecule has 2 aromatic carbocycles. The third-order valence-electron chi connectivity index (χ3n) is 6.03. The standard InChI is InChI=1S/C33H46O6/c1-9-11-21-36-29-20-18-27(32(3,4)5)30(37-22-12-10-2)26(29)17-19-28(34)24-13-15-25(16-14-24)38-23-39-31(35)33(6,7)8/h13-20H,9-12,21-23H2,1-8H3. The first kappa shape index (κ1) is 31.9. The average Bonchev–Trinajstić information content (AvgIpc) is 2.87. The molecule has 0 amide bonds. The van der Waals surface area contributed by atoms with Gasteiger partial charge in [-0.2, -0.15) is 0 Å². The second-order valence-electron chi connectivity index (χ2n) is 11.7. The van der Waals surface area contributed by atoms with E-state index in [2.05, 4.69) is 40.7 Å². The summed E-state index contributed by atoms with van der Waals surface area (Å²) in [4.78, 5) is 25.0. The number of rotatable bonds is 14. The van der Waals surface area contributed by atoms with Gasteiger partial charge in [0, 0.05) is 11.1 Å². The van der Waals surface area contributed by atoms with Crippen LogP contribution in [-0.2, 0) is 14.9 Å². The van der Waals surface area contributed by atoms with Gasteiger partial charge in [0.1, 0.15) is 17.2 Å². The van der Waals surface area contributed by atoms with E-state index in [-0.39, 0.29) is 24.0 Å². The molecule has 0 aromatic heterocycles. The number of hydrogen-bond acceptors (Lipinski definition) is 6. The second-order valence-corrected chi connectivity index (χ2v) is 11.7. The maximum absolute atomic E-state index is 13.1. The summed E-state index contributed by atoms with van der Waals surface area (Å²) in [6, 6.07) is 10.8. The van der Waals surface area contributed by atoms with Crippen LogP contribution in [0.5, 0.6) is 17.2 Å². The lowest BCUT2D eigenvalue weighted by Crippen LogP contribution is -2.24. The van der Waals surface area contributed by atoms with Gasteiger partial charge in [-0.05, 0) is 81.5 Å². The Labute approximate surface area is 234 Å². The Morgan fingerprint density at radius 2 is 1.41 bits per heavy atom. The van der Waals surface area contributed by atoms with Gasteiger partial charge in [0.15, 0.2) is 5.78 Å². The average molecular weight is 539 g/mol. The Bertz CT molecular complexity index is 1100. The molecule has 0 saturated heterocycles. The van der Waals surface area contributed by atoms with Crippen LogP contribution in [0.1, 0.15) is 103 Å². The Hall–Kier alpha value is -3.28. The monoisotopic (exact) mass is 538 g/mol. The summed E-state index contributed by atoms with van der Waals surface area (Å²) in [6.07, 6.45) is 7.30. The number of unbranched alkanes of at least 4 members (excludes halogenated alkanes) is 2. The highest BCUT2D eigenvalue weighted by atomic mass is 16.7. The van der Waals surface area contributed by atoms with E-state index in [0.717, 1.165) is 42.6 Å². The van der Waals surface area contributed by atoms with Crippen LogP contribution in [0.15, 0.2) is 42.5 Å². The van der Waals surface area contributed by atoms with Crippen LogP contribution >= 0.6 is 0 Å². The summed E-state index contributed by atoms with van der Waals surface area (Å²) in [5.41, 5.74) is 1.62. The molecule has 0 radical (unpaired) electrons. The highest BCUT2D eigenvalue weighted by Crippen LogP contribution is 2.40. The number of ether oxygens (including phenoxy) is 4. The van der Waals surface area contributed by atoms with Crippen molar-refractivity contribution < 1.29 is 28.5 Å². The Morgan fingerprint density at radius 1 is 0.795 bits per heavy atom. The Morgan fingerprint density at radius 3 is 1.97 bits per heavy atom. The first-order valence-electron chi connectivity index (χ1n) is 13.9. The van der Waals surface area contributed by atoms with Gasteiger partial charge in [0.2, 0.25) is 6.79 Å². The Balaban J connectivity index is 2.28. The van der Waals surface area contributed by atoms with Crippen molar-refractivity contribution in [3.8, 4) is 17.2 Å². The molecule has 0 saturated carbocycles. The molecule has 0 spiro atoms. The van der Waals surface area contributed by atoms with E-state index in [0.29, 0.717) is 30.3 Å². The number of carbonyl (C=O) groups excluding carboxylic acids is 2. The maximum atomic E-state index is 13.1. The summed E-state index contributed by atoms with van der Waals surface area (Å²) >= 11 is 0. The summed E-state index contributed by atoms with van der Waals surface area (Å²) in [5.74, 6) is 1.49. The summed E-state index contributed by atoms with van der Waals surface area (Å²) < 4.78 is 23.1. The number of hydrogen-bond donors (Lipinski definition) is 0. The lowest BCUT2D eigenvalue weighted by atomic mass is 9.84. The molecule has 0 heterocycles. The lowest BCUT2D eigenvalue weighted by molar-refractivity contribution is -0.159. The zero-order valence-electron chi connectivity index (χ0n) is 25.0. The van der Waals surface area contributed by atoms with Crippen molar-refractivity contribution in [2.45, 2.75) is 86.5 Å². The number of benzene rings is 2. The van der Waals surface area contributed by atoms with Gasteiger partial charge in [-0.1, -0.05) is 53.5 Å². The van der Waals surface area contributed by atoms with E-state index >= 15 is 0 Å². The van der Waals surface area contributed by atoms with Crippen molar-refractivity contribution in [1.29, 1.82) is 0 Å². The van der Waals surface area contributed by atoms with Crippen molar-refractivity contribution >= 4 is 17.8 Å². The zero-order chi connectivity index (χ0) is 29.1. The van der Waals surface area contributed by atoms with Gasteiger partial charge in [0.25, 0.3) is 0 Å². The molecule has 0 aliphatic rings. The summed E-state index contributed by atoms with van der Waals surface area (Å²) in [6.45, 7) is 17.1. The first-order chi connectivity index (χ1) is 18.4. The lowest BCUT2D eigenvalue weighted by Gasteiger charge is -2.25. The minimum atomic E-state index is -0.597. The van der Waals surface area contributed by atoms with Crippen molar-refractivity contribution in [2.75, 3.05) is 20.0 Å². The third kappa shape index (κ3) is 10.1. The fourth-order valence-corrected chi connectivity index (χ4v) is 3.59. The molecule has 0 bridgehead atoms. The van der Waals surface area contributed by atoms with Crippen LogP contribution in [0.25, 0.3) is 6.08 Å². The van der Waals surface area contributed by atoms with Crippen LogP contribution in [0.2, 0.25) is 0 Å². The molecular formula is C33H46O6. The van der Waals surface area contributed by atoms with Gasteiger partial charge in [-0.3, -0.25) is 9.59 Å². The molecular weight excluding hydrogens is 492 g/mol. The van der Waals surface area contributed by atoms with Gasteiger partial charge in [-0.15, -0.1) is 0 Å². The minimum Gasteiger partial charge on any atom is -0.493 e. The van der Waals surface area contributed by atoms with Crippen molar-refractivity contribution in [1.82, 2.24) is 0 Å². The molecule has 2 rings (SSSR count). The van der Waals surface area contributed by atoms with Gasteiger partial charge >= 0.3 is 5.97 Å². The van der Waals surface area contributed by atoms with Crippen molar-refractivity contribution in [3.63, 3.8) is 0 Å². The van der Waals surface area contributed by atoms with E-state index in [9.17, 15) is 9.59 Å². The van der Waals surface area contributed by atoms with Crippen LogP contribution in [0.4, 0.5) is 0 Å². The number of esters is 1. The first-order valence-corrected chi connectivity index (χ1v) is 13.9. The highest BCUT2D eigenvalue weighted by molar-refractivity contribution is 6.07. The molecule has 214 valence electrons. The van der Waals surface area contributed by atoms with Gasteiger partial charge in [-0.25, -0.2) is 0 Å². The van der Waals surface area contributed by atoms with E-state index in [1.54, 1.807) is 57.2 Å². The predicted octanol–water partition coefficient (Wildman–Crippen LogP) is 8.16. The van der Waals surface area contributed by atoms with Crippen LogP contribution < -0.4 is 14.2 Å². The van der Waals surface area contributed by atoms with Gasteiger partial charge < -0.3 is 18.9 Å². The molecule has 2 aromatic rings. The van der Waals surface area contributed by atoms with Crippen molar-refractivity contribution in [2.24, 2.45) is 5.41 Å². The SMILES string of the molecule is CCCCOc1ccc(C(C)(C)C)c(OCCCC)c1C=CC(=O)c1ccc(OCOC(=O)C(C)(C)C)cc1. The van der Waals surface area contributed by atoms with Crippen LogP contribution in [0, 0.1) is 5.41 Å². The molecule has 0 N–H and O–H groups in total. The quantitative estimate of drug-likeness (QED) is 0.0794. The number of ketones is 1. The smallest absolute Gasteiger partial charge is 0.314 e. The van der Waals surface area contributed by atoms with Crippen LogP contribution in [0.3, 0.4) is 0 Å². The third-order valence-corrected chi connectivity index (χ3v) is 6.03. The largest absolute Gasteiger partial charge is 0.493 e. The van der Waals surface area contributed by atoms with Crippen molar-refractivity contribution in [3.05, 3.63) is 59.2 Å². The maximum Gasteiger partial charge on any atom is 0.314 e. The number of allylic oxidation sites excluding steroid dienone is 1. The van der Waals surface area contributed by atoms with E-state index in [4.69, 9.17) is 18.9 Å². The van der Waals surface area contributed by atoms with E-state index in [1.807, 2.05) is 6.07 Å². The normalized spacial score (nSPS) is 11.9. The highest BCUT2D eigenvalue weighted by Gasteiger charge is 2.24. The van der Waals surface area contributed by atoms with E-state index < -0.39 is 5.41 Å².